The van der Waals surface area contributed by atoms with Crippen molar-refractivity contribution < 1.29 is 13.2 Å². The van der Waals surface area contributed by atoms with Crippen LogP contribution in [0.2, 0.25) is 0 Å². The van der Waals surface area contributed by atoms with Gasteiger partial charge in [-0.1, -0.05) is 24.3 Å². The van der Waals surface area contributed by atoms with Gasteiger partial charge in [0.25, 0.3) is 0 Å². The van der Waals surface area contributed by atoms with Gasteiger partial charge in [-0.25, -0.2) is 4.98 Å². The fourth-order valence-corrected chi connectivity index (χ4v) is 1.88. The third kappa shape index (κ3) is 1.68. The number of rotatable bonds is 0. The van der Waals surface area contributed by atoms with Crippen molar-refractivity contribution in [3.8, 4) is 0 Å². The van der Waals surface area contributed by atoms with Crippen LogP contribution in [0.4, 0.5) is 13.2 Å². The lowest BCUT2D eigenvalue weighted by Gasteiger charge is -2.07. The highest BCUT2D eigenvalue weighted by atomic mass is 19.4. The topological polar surface area (TPSA) is 25.8 Å². The molecule has 0 N–H and O–H groups in total. The summed E-state index contributed by atoms with van der Waals surface area (Å²) in [6.07, 6.45) is -2.89. The molecule has 0 aliphatic rings. The minimum atomic E-state index is -4.44. The van der Waals surface area contributed by atoms with E-state index in [1.807, 2.05) is 6.07 Å². The van der Waals surface area contributed by atoms with Crippen LogP contribution in [0.1, 0.15) is 5.69 Å². The van der Waals surface area contributed by atoms with E-state index in [-0.39, 0.29) is 5.52 Å². The fraction of sp³-hybridized carbons (Fsp3) is 0.0769. The second-order valence-electron chi connectivity index (χ2n) is 3.91. The van der Waals surface area contributed by atoms with Crippen LogP contribution in [-0.4, -0.2) is 9.97 Å². The van der Waals surface area contributed by atoms with Gasteiger partial charge < -0.3 is 0 Å². The SMILES string of the molecule is FC(F)(F)c1ccc2ccc3cccnc3c2n1. The number of fused-ring (bicyclic) bond motifs is 3. The zero-order valence-corrected chi connectivity index (χ0v) is 9.07. The Kier molecular flexibility index (Phi) is 2.23. The van der Waals surface area contributed by atoms with Crippen LogP contribution in [0.25, 0.3) is 21.8 Å². The zero-order chi connectivity index (χ0) is 12.8. The second kappa shape index (κ2) is 3.66. The third-order valence-electron chi connectivity index (χ3n) is 2.72. The molecule has 1 aromatic carbocycles. The normalized spacial score (nSPS) is 12.2. The molecule has 3 rings (SSSR count). The van der Waals surface area contributed by atoms with Gasteiger partial charge in [0.05, 0.1) is 11.0 Å². The van der Waals surface area contributed by atoms with Crippen molar-refractivity contribution in [2.45, 2.75) is 6.18 Å². The van der Waals surface area contributed by atoms with E-state index >= 15 is 0 Å². The van der Waals surface area contributed by atoms with Gasteiger partial charge in [0, 0.05) is 17.0 Å². The fourth-order valence-electron chi connectivity index (χ4n) is 1.88. The summed E-state index contributed by atoms with van der Waals surface area (Å²) >= 11 is 0. The minimum absolute atomic E-state index is 0.280. The number of benzene rings is 1. The maximum atomic E-state index is 12.6. The van der Waals surface area contributed by atoms with Crippen molar-refractivity contribution in [1.29, 1.82) is 0 Å². The van der Waals surface area contributed by atoms with E-state index in [1.165, 1.54) is 6.07 Å². The van der Waals surface area contributed by atoms with E-state index in [2.05, 4.69) is 9.97 Å². The number of alkyl halides is 3. The molecule has 0 saturated heterocycles. The molecule has 2 heterocycles. The van der Waals surface area contributed by atoms with E-state index in [9.17, 15) is 13.2 Å². The van der Waals surface area contributed by atoms with Crippen LogP contribution in [-0.2, 0) is 6.18 Å². The first-order chi connectivity index (χ1) is 8.55. The predicted molar refractivity (Wildman–Crippen MR) is 62.0 cm³/mol. The molecule has 0 bridgehead atoms. The van der Waals surface area contributed by atoms with E-state index < -0.39 is 11.9 Å². The highest BCUT2D eigenvalue weighted by Crippen LogP contribution is 2.30. The van der Waals surface area contributed by atoms with Crippen molar-refractivity contribution in [3.05, 3.63) is 48.3 Å². The first-order valence-electron chi connectivity index (χ1n) is 5.27. The maximum Gasteiger partial charge on any atom is 0.433 e. The summed E-state index contributed by atoms with van der Waals surface area (Å²) in [5.41, 5.74) is -0.128. The quantitative estimate of drug-likeness (QED) is 0.565. The molecule has 2 aromatic heterocycles. The minimum Gasteiger partial charge on any atom is -0.254 e. The molecule has 0 unspecified atom stereocenters. The number of halogens is 3. The average molecular weight is 248 g/mol. The first kappa shape index (κ1) is 11.0. The van der Waals surface area contributed by atoms with Gasteiger partial charge >= 0.3 is 6.18 Å². The number of nitrogens with zero attached hydrogens (tertiary/aromatic N) is 2. The smallest absolute Gasteiger partial charge is 0.254 e. The summed E-state index contributed by atoms with van der Waals surface area (Å²) in [6, 6.07) is 9.49. The van der Waals surface area contributed by atoms with Crippen molar-refractivity contribution >= 4 is 21.8 Å². The summed E-state index contributed by atoms with van der Waals surface area (Å²) < 4.78 is 37.9. The Morgan fingerprint density at radius 2 is 1.50 bits per heavy atom. The molecule has 5 heteroatoms. The molecule has 0 spiro atoms. The molecule has 0 aliphatic heterocycles. The zero-order valence-electron chi connectivity index (χ0n) is 9.07. The highest BCUT2D eigenvalue weighted by molar-refractivity contribution is 6.02. The van der Waals surface area contributed by atoms with Crippen molar-refractivity contribution in [2.24, 2.45) is 0 Å². The van der Waals surface area contributed by atoms with Crippen molar-refractivity contribution in [2.75, 3.05) is 0 Å². The monoisotopic (exact) mass is 248 g/mol. The number of hydrogen-bond acceptors (Lipinski definition) is 2. The van der Waals surface area contributed by atoms with Gasteiger partial charge in [-0.3, -0.25) is 4.98 Å². The molecule has 0 aliphatic carbocycles. The molecule has 3 aromatic rings. The first-order valence-corrected chi connectivity index (χ1v) is 5.27. The number of hydrogen-bond donors (Lipinski definition) is 0. The van der Waals surface area contributed by atoms with Crippen LogP contribution in [0.3, 0.4) is 0 Å². The van der Waals surface area contributed by atoms with Crippen LogP contribution in [0, 0.1) is 0 Å². The lowest BCUT2D eigenvalue weighted by atomic mass is 10.1. The van der Waals surface area contributed by atoms with Gasteiger partial charge in [0.2, 0.25) is 0 Å². The van der Waals surface area contributed by atoms with Gasteiger partial charge in [0.1, 0.15) is 5.69 Å². The van der Waals surface area contributed by atoms with E-state index in [4.69, 9.17) is 0 Å². The van der Waals surface area contributed by atoms with Crippen LogP contribution < -0.4 is 0 Å². The molecule has 0 atom stereocenters. The Hall–Kier alpha value is -2.17. The average Bonchev–Trinajstić information content (AvgIpc) is 2.37. The maximum absolute atomic E-state index is 12.6. The largest absolute Gasteiger partial charge is 0.433 e. The molecule has 2 nitrogen and oxygen atoms in total. The standard InChI is InChI=1S/C13H7F3N2/c14-13(15,16)10-6-5-9-4-3-8-2-1-7-17-11(8)12(9)18-10/h1-7H. The number of pyridine rings is 2. The predicted octanol–water partition coefficient (Wildman–Crippen LogP) is 3.80. The second-order valence-corrected chi connectivity index (χ2v) is 3.91. The van der Waals surface area contributed by atoms with Gasteiger partial charge in [0.15, 0.2) is 0 Å². The lowest BCUT2D eigenvalue weighted by Crippen LogP contribution is -2.07. The Morgan fingerprint density at radius 3 is 2.22 bits per heavy atom. The van der Waals surface area contributed by atoms with Gasteiger partial charge in [-0.15, -0.1) is 0 Å². The van der Waals surface area contributed by atoms with Crippen LogP contribution in [0.5, 0.6) is 0 Å². The van der Waals surface area contributed by atoms with Crippen molar-refractivity contribution in [3.63, 3.8) is 0 Å². The third-order valence-corrected chi connectivity index (χ3v) is 2.72. The Morgan fingerprint density at radius 1 is 0.833 bits per heavy atom. The molecule has 18 heavy (non-hydrogen) atoms. The summed E-state index contributed by atoms with van der Waals surface area (Å²) in [5.74, 6) is 0. The summed E-state index contributed by atoms with van der Waals surface area (Å²) in [6.45, 7) is 0. The molecule has 0 amide bonds. The lowest BCUT2D eigenvalue weighted by molar-refractivity contribution is -0.140. The summed E-state index contributed by atoms with van der Waals surface area (Å²) in [5, 5.41) is 1.42. The van der Waals surface area contributed by atoms with Gasteiger partial charge in [-0.2, -0.15) is 13.2 Å². The molecule has 0 saturated carbocycles. The van der Waals surface area contributed by atoms with Gasteiger partial charge in [-0.05, 0) is 12.1 Å². The molecular formula is C13H7F3N2. The summed E-state index contributed by atoms with van der Waals surface area (Å²) in [7, 11) is 0. The molecular weight excluding hydrogens is 241 g/mol. The molecule has 90 valence electrons. The number of aromatic nitrogens is 2. The Labute approximate surface area is 100 Å². The highest BCUT2D eigenvalue weighted by Gasteiger charge is 2.32. The molecule has 0 radical (unpaired) electrons. The Balaban J connectivity index is 2.40. The molecule has 0 fully saturated rings. The van der Waals surface area contributed by atoms with E-state index in [0.717, 1.165) is 11.5 Å². The van der Waals surface area contributed by atoms with Crippen LogP contribution in [0.15, 0.2) is 42.6 Å². The Bertz CT molecular complexity index is 735. The summed E-state index contributed by atoms with van der Waals surface area (Å²) in [4.78, 5) is 7.79. The van der Waals surface area contributed by atoms with Crippen LogP contribution >= 0.6 is 0 Å². The van der Waals surface area contributed by atoms with E-state index in [1.54, 1.807) is 24.4 Å². The van der Waals surface area contributed by atoms with Crippen molar-refractivity contribution in [1.82, 2.24) is 9.97 Å². The van der Waals surface area contributed by atoms with E-state index in [0.29, 0.717) is 10.9 Å².